The normalized spacial score (nSPS) is 18.3. The van der Waals surface area contributed by atoms with Crippen molar-refractivity contribution in [3.63, 3.8) is 0 Å². The molecule has 1 aliphatic heterocycles. The Morgan fingerprint density at radius 3 is 2.89 bits per heavy atom. The molecule has 0 atom stereocenters. The van der Waals surface area contributed by atoms with Gasteiger partial charge in [0.25, 0.3) is 0 Å². The Hall–Kier alpha value is -1.85. The van der Waals surface area contributed by atoms with E-state index >= 15 is 0 Å². The SMILES string of the molecule is Cc1cnn(CCC(=O)N2CCNC(=O)C2(C)C)c1. The van der Waals surface area contributed by atoms with Crippen LogP contribution < -0.4 is 5.32 Å². The summed E-state index contributed by atoms with van der Waals surface area (Å²) >= 11 is 0. The molecule has 0 aromatic carbocycles. The summed E-state index contributed by atoms with van der Waals surface area (Å²) in [6.45, 7) is 7.14. The average molecular weight is 264 g/mol. The first-order valence-corrected chi connectivity index (χ1v) is 6.49. The van der Waals surface area contributed by atoms with Crippen LogP contribution in [0, 0.1) is 6.92 Å². The summed E-state index contributed by atoms with van der Waals surface area (Å²) in [5.74, 6) is -0.102. The zero-order valence-corrected chi connectivity index (χ0v) is 11.6. The number of aryl methyl sites for hydroxylation is 2. The predicted octanol–water partition coefficient (Wildman–Crippen LogP) is 0.319. The number of piperazine rings is 1. The van der Waals surface area contributed by atoms with Gasteiger partial charge in [-0.3, -0.25) is 14.3 Å². The van der Waals surface area contributed by atoms with Gasteiger partial charge in [0.15, 0.2) is 0 Å². The summed E-state index contributed by atoms with van der Waals surface area (Å²) in [4.78, 5) is 25.7. The lowest BCUT2D eigenvalue weighted by Crippen LogP contribution is -2.63. The first-order valence-electron chi connectivity index (χ1n) is 6.49. The number of carbonyl (C=O) groups excluding carboxylic acids is 2. The Balaban J connectivity index is 1.97. The maximum absolute atomic E-state index is 12.2. The molecule has 1 aromatic heterocycles. The standard InChI is InChI=1S/C13H20N4O2/c1-10-8-15-16(9-10)6-4-11(18)17-7-5-14-12(19)13(17,2)3/h8-9H,4-7H2,1-3H3,(H,14,19). The van der Waals surface area contributed by atoms with E-state index in [1.165, 1.54) is 0 Å². The van der Waals surface area contributed by atoms with Crippen molar-refractivity contribution in [2.24, 2.45) is 0 Å². The van der Waals surface area contributed by atoms with Gasteiger partial charge in [-0.05, 0) is 26.3 Å². The number of nitrogens with one attached hydrogen (secondary N) is 1. The fraction of sp³-hybridized carbons (Fsp3) is 0.615. The Morgan fingerprint density at radius 2 is 2.26 bits per heavy atom. The molecule has 0 saturated carbocycles. The van der Waals surface area contributed by atoms with E-state index in [9.17, 15) is 9.59 Å². The smallest absolute Gasteiger partial charge is 0.245 e. The molecule has 6 heteroatoms. The summed E-state index contributed by atoms with van der Waals surface area (Å²) in [6.07, 6.45) is 4.03. The van der Waals surface area contributed by atoms with Crippen molar-refractivity contribution in [1.29, 1.82) is 0 Å². The topological polar surface area (TPSA) is 67.2 Å². The molecule has 2 amide bonds. The molecular formula is C13H20N4O2. The number of rotatable bonds is 3. The highest BCUT2D eigenvalue weighted by Gasteiger charge is 2.39. The molecule has 1 N–H and O–H groups in total. The first-order chi connectivity index (χ1) is 8.91. The van der Waals surface area contributed by atoms with E-state index in [1.807, 2.05) is 13.1 Å². The van der Waals surface area contributed by atoms with Crippen LogP contribution in [0.4, 0.5) is 0 Å². The van der Waals surface area contributed by atoms with Crippen molar-refractivity contribution < 1.29 is 9.59 Å². The number of nitrogens with zero attached hydrogens (tertiary/aromatic N) is 3. The van der Waals surface area contributed by atoms with Crippen LogP contribution in [0.2, 0.25) is 0 Å². The zero-order valence-electron chi connectivity index (χ0n) is 11.6. The maximum Gasteiger partial charge on any atom is 0.245 e. The zero-order chi connectivity index (χ0) is 14.0. The van der Waals surface area contributed by atoms with Crippen LogP contribution >= 0.6 is 0 Å². The van der Waals surface area contributed by atoms with E-state index in [0.29, 0.717) is 26.1 Å². The van der Waals surface area contributed by atoms with Crippen molar-refractivity contribution in [2.45, 2.75) is 39.3 Å². The second-order valence-corrected chi connectivity index (χ2v) is 5.39. The molecule has 0 bridgehead atoms. The van der Waals surface area contributed by atoms with E-state index in [-0.39, 0.29) is 11.8 Å². The molecule has 1 aromatic rings. The quantitative estimate of drug-likeness (QED) is 0.855. The molecule has 0 aliphatic carbocycles. The molecular weight excluding hydrogens is 244 g/mol. The summed E-state index contributed by atoms with van der Waals surface area (Å²) < 4.78 is 1.75. The molecule has 0 unspecified atom stereocenters. The first kappa shape index (κ1) is 13.6. The fourth-order valence-corrected chi connectivity index (χ4v) is 2.27. The van der Waals surface area contributed by atoms with Gasteiger partial charge < -0.3 is 10.2 Å². The van der Waals surface area contributed by atoms with Crippen molar-refractivity contribution in [3.05, 3.63) is 18.0 Å². The van der Waals surface area contributed by atoms with E-state index in [0.717, 1.165) is 5.56 Å². The van der Waals surface area contributed by atoms with Crippen LogP contribution in [0.5, 0.6) is 0 Å². The largest absolute Gasteiger partial charge is 0.352 e. The highest BCUT2D eigenvalue weighted by atomic mass is 16.2. The van der Waals surface area contributed by atoms with Crippen molar-refractivity contribution in [2.75, 3.05) is 13.1 Å². The molecule has 6 nitrogen and oxygen atoms in total. The molecule has 1 aliphatic rings. The third kappa shape index (κ3) is 2.77. The van der Waals surface area contributed by atoms with E-state index in [1.54, 1.807) is 29.6 Å². The van der Waals surface area contributed by atoms with Gasteiger partial charge in [-0.2, -0.15) is 5.10 Å². The molecule has 0 spiro atoms. The molecule has 104 valence electrons. The minimum Gasteiger partial charge on any atom is -0.352 e. The van der Waals surface area contributed by atoms with Gasteiger partial charge in [0.2, 0.25) is 11.8 Å². The Labute approximate surface area is 112 Å². The highest BCUT2D eigenvalue weighted by Crippen LogP contribution is 2.18. The minimum atomic E-state index is -0.768. The van der Waals surface area contributed by atoms with Gasteiger partial charge in [0.1, 0.15) is 5.54 Å². The number of carbonyl (C=O) groups is 2. The molecule has 2 heterocycles. The number of aromatic nitrogens is 2. The average Bonchev–Trinajstić information content (AvgIpc) is 2.75. The van der Waals surface area contributed by atoms with Gasteiger partial charge in [-0.1, -0.05) is 0 Å². The van der Waals surface area contributed by atoms with Crippen LogP contribution in [-0.4, -0.2) is 45.1 Å². The van der Waals surface area contributed by atoms with Crippen LogP contribution in [-0.2, 0) is 16.1 Å². The molecule has 1 fully saturated rings. The van der Waals surface area contributed by atoms with Gasteiger partial charge in [0, 0.05) is 32.3 Å². The summed E-state index contributed by atoms with van der Waals surface area (Å²) in [5, 5.41) is 6.93. The Bertz CT molecular complexity index is 493. The monoisotopic (exact) mass is 264 g/mol. The van der Waals surface area contributed by atoms with E-state index < -0.39 is 5.54 Å². The maximum atomic E-state index is 12.2. The van der Waals surface area contributed by atoms with E-state index in [4.69, 9.17) is 0 Å². The lowest BCUT2D eigenvalue weighted by molar-refractivity contribution is -0.149. The molecule has 2 rings (SSSR count). The minimum absolute atomic E-state index is 0.00648. The number of hydrogen-bond donors (Lipinski definition) is 1. The third-order valence-corrected chi connectivity index (χ3v) is 3.47. The second kappa shape index (κ2) is 5.03. The molecule has 1 saturated heterocycles. The number of amides is 2. The summed E-state index contributed by atoms with van der Waals surface area (Å²) in [5.41, 5.74) is 0.306. The van der Waals surface area contributed by atoms with Gasteiger partial charge in [0.05, 0.1) is 6.20 Å². The van der Waals surface area contributed by atoms with Gasteiger partial charge in [-0.25, -0.2) is 0 Å². The summed E-state index contributed by atoms with van der Waals surface area (Å²) in [7, 11) is 0. The molecule has 0 radical (unpaired) electrons. The summed E-state index contributed by atoms with van der Waals surface area (Å²) in [6, 6.07) is 0. The van der Waals surface area contributed by atoms with Gasteiger partial charge in [-0.15, -0.1) is 0 Å². The van der Waals surface area contributed by atoms with E-state index in [2.05, 4.69) is 10.4 Å². The van der Waals surface area contributed by atoms with Crippen LogP contribution in [0.1, 0.15) is 25.8 Å². The van der Waals surface area contributed by atoms with Crippen molar-refractivity contribution in [1.82, 2.24) is 20.0 Å². The molecule has 19 heavy (non-hydrogen) atoms. The van der Waals surface area contributed by atoms with Crippen molar-refractivity contribution in [3.8, 4) is 0 Å². The number of hydrogen-bond acceptors (Lipinski definition) is 3. The predicted molar refractivity (Wildman–Crippen MR) is 70.4 cm³/mol. The van der Waals surface area contributed by atoms with Crippen LogP contribution in [0.25, 0.3) is 0 Å². The Morgan fingerprint density at radius 1 is 1.53 bits per heavy atom. The third-order valence-electron chi connectivity index (χ3n) is 3.47. The second-order valence-electron chi connectivity index (χ2n) is 5.39. The van der Waals surface area contributed by atoms with Crippen LogP contribution in [0.15, 0.2) is 12.4 Å². The van der Waals surface area contributed by atoms with Gasteiger partial charge >= 0.3 is 0 Å². The Kier molecular flexibility index (Phi) is 3.59. The lowest BCUT2D eigenvalue weighted by atomic mass is 9.98. The fourth-order valence-electron chi connectivity index (χ4n) is 2.27. The van der Waals surface area contributed by atoms with Crippen LogP contribution in [0.3, 0.4) is 0 Å². The van der Waals surface area contributed by atoms with Crippen molar-refractivity contribution >= 4 is 11.8 Å². The highest BCUT2D eigenvalue weighted by molar-refractivity contribution is 5.91. The lowest BCUT2D eigenvalue weighted by Gasteiger charge is -2.41.